The molecule has 3 heterocycles. The van der Waals surface area contributed by atoms with Crippen LogP contribution in [0.15, 0.2) is 36.7 Å². The van der Waals surface area contributed by atoms with E-state index in [1.807, 2.05) is 0 Å². The van der Waals surface area contributed by atoms with Gasteiger partial charge in [0.2, 0.25) is 5.95 Å². The van der Waals surface area contributed by atoms with Gasteiger partial charge in [-0.2, -0.15) is 0 Å². The second kappa shape index (κ2) is 6.23. The topological polar surface area (TPSA) is 52.6 Å². The van der Waals surface area contributed by atoms with Crippen LogP contribution in [0.4, 0.5) is 20.8 Å². The normalized spacial score (nSPS) is 18.1. The molecule has 6 nitrogen and oxygen atoms in total. The molecule has 2 aromatic rings. The summed E-state index contributed by atoms with van der Waals surface area (Å²) in [5.41, 5.74) is 1.56. The lowest BCUT2D eigenvalue weighted by molar-refractivity contribution is 0.221. The molecule has 2 aliphatic heterocycles. The summed E-state index contributed by atoms with van der Waals surface area (Å²) in [6, 6.07) is 6.50. The van der Waals surface area contributed by atoms with Crippen molar-refractivity contribution < 1.29 is 9.18 Å². The lowest BCUT2D eigenvalue weighted by Crippen LogP contribution is -2.48. The molecule has 0 aliphatic carbocycles. The van der Waals surface area contributed by atoms with Crippen molar-refractivity contribution in [3.05, 3.63) is 48.0 Å². The summed E-state index contributed by atoms with van der Waals surface area (Å²) in [6.45, 7) is 2.15. The number of fused-ring (bicyclic) bond motifs is 2. The number of aromatic nitrogens is 2. The molecule has 1 saturated heterocycles. The molecular weight excluding hydrogens is 333 g/mol. The van der Waals surface area contributed by atoms with E-state index < -0.39 is 0 Å². The first kappa shape index (κ1) is 16.8. The van der Waals surface area contributed by atoms with Crippen LogP contribution in [0, 0.1) is 5.82 Å². The summed E-state index contributed by atoms with van der Waals surface area (Å²) in [7, 11) is 3.48. The van der Waals surface area contributed by atoms with Gasteiger partial charge in [0.1, 0.15) is 5.82 Å². The second-order valence-electron chi connectivity index (χ2n) is 7.24. The number of benzene rings is 1. The fraction of sp³-hybridized carbons (Fsp3) is 0.421. The van der Waals surface area contributed by atoms with Crippen molar-refractivity contribution in [2.45, 2.75) is 18.3 Å². The Morgan fingerprint density at radius 3 is 2.54 bits per heavy atom. The third kappa shape index (κ3) is 2.67. The number of rotatable bonds is 1. The van der Waals surface area contributed by atoms with E-state index in [0.29, 0.717) is 6.54 Å². The molecule has 2 aliphatic rings. The summed E-state index contributed by atoms with van der Waals surface area (Å²) in [5.74, 6) is 0.470. The van der Waals surface area contributed by atoms with Crippen LogP contribution in [0.1, 0.15) is 18.4 Å². The highest BCUT2D eigenvalue weighted by Crippen LogP contribution is 2.47. The maximum absolute atomic E-state index is 14.0. The van der Waals surface area contributed by atoms with Gasteiger partial charge in [-0.15, -0.1) is 0 Å². The number of piperidine rings is 1. The Kier molecular flexibility index (Phi) is 4.01. The van der Waals surface area contributed by atoms with E-state index in [1.165, 1.54) is 6.07 Å². The molecule has 1 aromatic carbocycles. The average molecular weight is 355 g/mol. The van der Waals surface area contributed by atoms with Gasteiger partial charge in [-0.05, 0) is 42.7 Å². The number of carbonyl (C=O) groups is 1. The first-order valence-electron chi connectivity index (χ1n) is 8.81. The molecule has 1 spiro atoms. The summed E-state index contributed by atoms with van der Waals surface area (Å²) >= 11 is 0. The summed E-state index contributed by atoms with van der Waals surface area (Å²) in [5, 5.41) is 0. The van der Waals surface area contributed by atoms with Crippen LogP contribution in [0.3, 0.4) is 0 Å². The van der Waals surface area contributed by atoms with Crippen molar-refractivity contribution in [3.63, 3.8) is 0 Å². The van der Waals surface area contributed by atoms with Crippen LogP contribution in [-0.4, -0.2) is 54.6 Å². The zero-order valence-corrected chi connectivity index (χ0v) is 15.0. The average Bonchev–Trinajstić information content (AvgIpc) is 2.96. The van der Waals surface area contributed by atoms with Crippen LogP contribution in [0.25, 0.3) is 0 Å². The van der Waals surface area contributed by atoms with Crippen molar-refractivity contribution in [2.75, 3.05) is 43.5 Å². The Morgan fingerprint density at radius 1 is 1.19 bits per heavy atom. The Labute approximate surface area is 152 Å². The molecule has 2 amide bonds. The third-order valence-electron chi connectivity index (χ3n) is 5.45. The number of hydrogen-bond acceptors (Lipinski definition) is 4. The predicted octanol–water partition coefficient (Wildman–Crippen LogP) is 2.66. The SMILES string of the molecule is CN(C)C(=O)N1CC2(CCN(c3ncccn3)CC2)c2cc(F)ccc21. The maximum Gasteiger partial charge on any atom is 0.323 e. The zero-order chi connectivity index (χ0) is 18.3. The Morgan fingerprint density at radius 2 is 1.88 bits per heavy atom. The number of nitrogens with zero attached hydrogens (tertiary/aromatic N) is 5. The molecule has 0 bridgehead atoms. The molecule has 0 atom stereocenters. The number of hydrogen-bond donors (Lipinski definition) is 0. The highest BCUT2D eigenvalue weighted by atomic mass is 19.1. The van der Waals surface area contributed by atoms with Gasteiger partial charge in [-0.1, -0.05) is 0 Å². The van der Waals surface area contributed by atoms with Gasteiger partial charge in [0, 0.05) is 57.2 Å². The molecule has 1 fully saturated rings. The first-order chi connectivity index (χ1) is 12.5. The van der Waals surface area contributed by atoms with Gasteiger partial charge >= 0.3 is 6.03 Å². The fourth-order valence-electron chi connectivity index (χ4n) is 4.07. The minimum atomic E-state index is -0.254. The summed E-state index contributed by atoms with van der Waals surface area (Å²) in [6.07, 6.45) is 5.15. The zero-order valence-electron chi connectivity index (χ0n) is 15.0. The van der Waals surface area contributed by atoms with E-state index in [1.54, 1.807) is 54.5 Å². The molecule has 0 N–H and O–H groups in total. The number of carbonyl (C=O) groups excluding carboxylic acids is 1. The fourth-order valence-corrected chi connectivity index (χ4v) is 4.07. The van der Waals surface area contributed by atoms with Crippen molar-refractivity contribution in [2.24, 2.45) is 0 Å². The van der Waals surface area contributed by atoms with E-state index in [-0.39, 0.29) is 17.3 Å². The van der Waals surface area contributed by atoms with E-state index in [2.05, 4.69) is 14.9 Å². The first-order valence-corrected chi connectivity index (χ1v) is 8.81. The van der Waals surface area contributed by atoms with E-state index in [9.17, 15) is 9.18 Å². The Balaban J connectivity index is 1.63. The highest BCUT2D eigenvalue weighted by molar-refractivity contribution is 5.95. The van der Waals surface area contributed by atoms with E-state index >= 15 is 0 Å². The third-order valence-corrected chi connectivity index (χ3v) is 5.45. The van der Waals surface area contributed by atoms with E-state index in [4.69, 9.17) is 0 Å². The Bertz CT molecular complexity index is 818. The largest absolute Gasteiger partial charge is 0.341 e. The van der Waals surface area contributed by atoms with Crippen LogP contribution in [0.5, 0.6) is 0 Å². The predicted molar refractivity (Wildman–Crippen MR) is 98.0 cm³/mol. The molecule has 26 heavy (non-hydrogen) atoms. The monoisotopic (exact) mass is 355 g/mol. The van der Waals surface area contributed by atoms with Crippen LogP contribution in [0.2, 0.25) is 0 Å². The van der Waals surface area contributed by atoms with Crippen LogP contribution < -0.4 is 9.80 Å². The molecule has 0 saturated carbocycles. The number of anilines is 2. The summed E-state index contributed by atoms with van der Waals surface area (Å²) in [4.78, 5) is 26.8. The minimum Gasteiger partial charge on any atom is -0.341 e. The molecule has 1 aromatic heterocycles. The number of urea groups is 1. The molecule has 0 radical (unpaired) electrons. The lowest BCUT2D eigenvalue weighted by atomic mass is 9.74. The minimum absolute atomic E-state index is 0.0662. The molecule has 0 unspecified atom stereocenters. The molecule has 7 heteroatoms. The van der Waals surface area contributed by atoms with Crippen molar-refractivity contribution >= 4 is 17.7 Å². The van der Waals surface area contributed by atoms with Gasteiger partial charge in [0.15, 0.2) is 0 Å². The molecule has 4 rings (SSSR count). The smallest absolute Gasteiger partial charge is 0.323 e. The van der Waals surface area contributed by atoms with Gasteiger partial charge in [-0.3, -0.25) is 4.90 Å². The maximum atomic E-state index is 14.0. The standard InChI is InChI=1S/C19H22FN5O/c1-23(2)18(26)25-13-19(15-12-14(20)4-5-16(15)25)6-10-24(11-7-19)17-21-8-3-9-22-17/h3-5,8-9,12H,6-7,10-11,13H2,1-2H3. The number of halogens is 1. The molecular formula is C19H22FN5O. The van der Waals surface area contributed by atoms with Crippen molar-refractivity contribution in [1.82, 2.24) is 14.9 Å². The van der Waals surface area contributed by atoms with Crippen LogP contribution in [-0.2, 0) is 5.41 Å². The second-order valence-corrected chi connectivity index (χ2v) is 7.24. The Hall–Kier alpha value is -2.70. The van der Waals surface area contributed by atoms with Gasteiger partial charge in [0.25, 0.3) is 0 Å². The van der Waals surface area contributed by atoms with Crippen molar-refractivity contribution in [1.29, 1.82) is 0 Å². The quantitative estimate of drug-likeness (QED) is 0.789. The summed E-state index contributed by atoms with van der Waals surface area (Å²) < 4.78 is 14.0. The van der Waals surface area contributed by atoms with Gasteiger partial charge in [0.05, 0.1) is 0 Å². The molecule has 136 valence electrons. The highest BCUT2D eigenvalue weighted by Gasteiger charge is 2.47. The van der Waals surface area contributed by atoms with Crippen LogP contribution >= 0.6 is 0 Å². The lowest BCUT2D eigenvalue weighted by Gasteiger charge is -2.39. The van der Waals surface area contributed by atoms with Gasteiger partial charge < -0.3 is 9.80 Å². The van der Waals surface area contributed by atoms with E-state index in [0.717, 1.165) is 43.1 Å². The number of amides is 2. The van der Waals surface area contributed by atoms with Gasteiger partial charge in [-0.25, -0.2) is 19.2 Å². The van der Waals surface area contributed by atoms with Crippen molar-refractivity contribution in [3.8, 4) is 0 Å².